The van der Waals surface area contributed by atoms with Crippen LogP contribution in [0.3, 0.4) is 0 Å². The van der Waals surface area contributed by atoms with Gasteiger partial charge in [0.2, 0.25) is 5.95 Å². The summed E-state index contributed by atoms with van der Waals surface area (Å²) in [6.45, 7) is 2.65. The minimum Gasteiger partial charge on any atom is -0.378 e. The number of amides is 1. The molecule has 0 aliphatic heterocycles. The second-order valence-electron chi connectivity index (χ2n) is 4.09. The van der Waals surface area contributed by atoms with Gasteiger partial charge < -0.3 is 10.1 Å². The fraction of sp³-hybridized carbons (Fsp3) is 0.500. The Kier molecular flexibility index (Phi) is 3.68. The number of rotatable bonds is 4. The molecular weight excluding hydrogens is 223 g/mol. The van der Waals surface area contributed by atoms with E-state index in [1.54, 1.807) is 0 Å². The highest BCUT2D eigenvalue weighted by Gasteiger charge is 2.30. The summed E-state index contributed by atoms with van der Waals surface area (Å²) in [4.78, 5) is 15.1. The SMILES string of the molecule is CCOC1CC(NC(=O)c2ccnc(F)c2)C1. The lowest BCUT2D eigenvalue weighted by molar-refractivity contribution is -0.00863. The lowest BCUT2D eigenvalue weighted by atomic mass is 9.89. The van der Waals surface area contributed by atoms with Gasteiger partial charge in [-0.05, 0) is 25.8 Å². The van der Waals surface area contributed by atoms with E-state index in [1.165, 1.54) is 12.3 Å². The summed E-state index contributed by atoms with van der Waals surface area (Å²) in [6.07, 6.45) is 3.19. The van der Waals surface area contributed by atoms with Crippen LogP contribution in [0.4, 0.5) is 4.39 Å². The second-order valence-corrected chi connectivity index (χ2v) is 4.09. The highest BCUT2D eigenvalue weighted by Crippen LogP contribution is 2.23. The number of hydrogen-bond donors (Lipinski definition) is 1. The Hall–Kier alpha value is -1.49. The number of carbonyl (C=O) groups excluding carboxylic acids is 1. The molecule has 0 saturated heterocycles. The first-order valence-electron chi connectivity index (χ1n) is 5.73. The molecule has 0 spiro atoms. The zero-order valence-corrected chi connectivity index (χ0v) is 9.65. The average molecular weight is 238 g/mol. The van der Waals surface area contributed by atoms with Crippen molar-refractivity contribution in [1.82, 2.24) is 10.3 Å². The van der Waals surface area contributed by atoms with Crippen LogP contribution in [-0.2, 0) is 4.74 Å². The zero-order valence-electron chi connectivity index (χ0n) is 9.65. The van der Waals surface area contributed by atoms with Crippen LogP contribution in [0.25, 0.3) is 0 Å². The van der Waals surface area contributed by atoms with Crippen LogP contribution in [0, 0.1) is 5.95 Å². The highest BCUT2D eigenvalue weighted by atomic mass is 19.1. The standard InChI is InChI=1S/C12H15FN2O2/c1-2-17-10-6-9(7-10)15-12(16)8-3-4-14-11(13)5-8/h3-5,9-10H,2,6-7H2,1H3,(H,15,16). The summed E-state index contributed by atoms with van der Waals surface area (Å²) in [5.41, 5.74) is 0.303. The van der Waals surface area contributed by atoms with E-state index in [1.807, 2.05) is 6.92 Å². The van der Waals surface area contributed by atoms with Crippen LogP contribution in [0.15, 0.2) is 18.3 Å². The van der Waals surface area contributed by atoms with Gasteiger partial charge in [-0.1, -0.05) is 0 Å². The van der Waals surface area contributed by atoms with Gasteiger partial charge in [0, 0.05) is 30.5 Å². The number of aromatic nitrogens is 1. The molecule has 1 aliphatic carbocycles. The molecule has 17 heavy (non-hydrogen) atoms. The van der Waals surface area contributed by atoms with E-state index in [0.29, 0.717) is 12.2 Å². The van der Waals surface area contributed by atoms with E-state index < -0.39 is 5.95 Å². The lowest BCUT2D eigenvalue weighted by Gasteiger charge is -2.35. The molecule has 2 rings (SSSR count). The molecule has 1 aliphatic rings. The predicted molar refractivity (Wildman–Crippen MR) is 60.1 cm³/mol. The normalized spacial score (nSPS) is 22.9. The maximum absolute atomic E-state index is 12.8. The number of hydrogen-bond acceptors (Lipinski definition) is 3. The van der Waals surface area contributed by atoms with Gasteiger partial charge in [-0.2, -0.15) is 4.39 Å². The molecule has 0 unspecified atom stereocenters. The third-order valence-electron chi connectivity index (χ3n) is 2.82. The van der Waals surface area contributed by atoms with E-state index in [-0.39, 0.29) is 18.1 Å². The summed E-state index contributed by atoms with van der Waals surface area (Å²) < 4.78 is 18.2. The maximum Gasteiger partial charge on any atom is 0.251 e. The fourth-order valence-corrected chi connectivity index (χ4v) is 1.87. The van der Waals surface area contributed by atoms with Crippen molar-refractivity contribution in [2.45, 2.75) is 31.9 Å². The van der Waals surface area contributed by atoms with Crippen LogP contribution in [0.1, 0.15) is 30.1 Å². The van der Waals surface area contributed by atoms with Gasteiger partial charge in [0.15, 0.2) is 0 Å². The molecule has 5 heteroatoms. The summed E-state index contributed by atoms with van der Waals surface area (Å²) >= 11 is 0. The molecule has 1 fully saturated rings. The fourth-order valence-electron chi connectivity index (χ4n) is 1.87. The first-order valence-corrected chi connectivity index (χ1v) is 5.73. The number of pyridine rings is 1. The minimum atomic E-state index is -0.640. The van der Waals surface area contributed by atoms with Crippen molar-refractivity contribution in [2.75, 3.05) is 6.61 Å². The predicted octanol–water partition coefficient (Wildman–Crippen LogP) is 1.52. The topological polar surface area (TPSA) is 51.2 Å². The quantitative estimate of drug-likeness (QED) is 0.809. The van der Waals surface area contributed by atoms with Gasteiger partial charge in [-0.3, -0.25) is 4.79 Å². The Balaban J connectivity index is 1.83. The summed E-state index contributed by atoms with van der Waals surface area (Å²) in [7, 11) is 0. The van der Waals surface area contributed by atoms with E-state index >= 15 is 0 Å². The molecular formula is C12H15FN2O2. The van der Waals surface area contributed by atoms with Gasteiger partial charge in [0.1, 0.15) is 0 Å². The molecule has 92 valence electrons. The van der Waals surface area contributed by atoms with Gasteiger partial charge in [-0.25, -0.2) is 4.98 Å². The number of halogens is 1. The molecule has 0 radical (unpaired) electrons. The van der Waals surface area contributed by atoms with E-state index in [4.69, 9.17) is 4.74 Å². The van der Waals surface area contributed by atoms with E-state index in [9.17, 15) is 9.18 Å². The summed E-state index contributed by atoms with van der Waals surface area (Å²) in [5.74, 6) is -0.898. The Morgan fingerprint density at radius 2 is 2.41 bits per heavy atom. The minimum absolute atomic E-state index is 0.135. The van der Waals surface area contributed by atoms with E-state index in [2.05, 4.69) is 10.3 Å². The molecule has 0 atom stereocenters. The zero-order chi connectivity index (χ0) is 12.3. The first-order chi connectivity index (χ1) is 8.19. The van der Waals surface area contributed by atoms with Crippen LogP contribution in [-0.4, -0.2) is 29.6 Å². The van der Waals surface area contributed by atoms with Crippen LogP contribution in [0.2, 0.25) is 0 Å². The first kappa shape index (κ1) is 12.0. The molecule has 1 heterocycles. The van der Waals surface area contributed by atoms with Crippen molar-refractivity contribution in [3.8, 4) is 0 Å². The molecule has 1 saturated carbocycles. The number of nitrogens with zero attached hydrogens (tertiary/aromatic N) is 1. The van der Waals surface area contributed by atoms with Gasteiger partial charge in [0.05, 0.1) is 6.10 Å². The van der Waals surface area contributed by atoms with Crippen molar-refractivity contribution in [3.63, 3.8) is 0 Å². The maximum atomic E-state index is 12.8. The van der Waals surface area contributed by atoms with Crippen molar-refractivity contribution in [1.29, 1.82) is 0 Å². The summed E-state index contributed by atoms with van der Waals surface area (Å²) in [6, 6.07) is 2.76. The highest BCUT2D eigenvalue weighted by molar-refractivity contribution is 5.94. The second kappa shape index (κ2) is 5.23. The van der Waals surface area contributed by atoms with Gasteiger partial charge in [-0.15, -0.1) is 0 Å². The molecule has 0 bridgehead atoms. The van der Waals surface area contributed by atoms with Crippen LogP contribution >= 0.6 is 0 Å². The van der Waals surface area contributed by atoms with Crippen LogP contribution in [0.5, 0.6) is 0 Å². The molecule has 1 N–H and O–H groups in total. The number of carbonyl (C=O) groups is 1. The Bertz CT molecular complexity index is 405. The van der Waals surface area contributed by atoms with Gasteiger partial charge >= 0.3 is 0 Å². The number of ether oxygens (including phenoxy) is 1. The van der Waals surface area contributed by atoms with Crippen molar-refractivity contribution in [2.24, 2.45) is 0 Å². The van der Waals surface area contributed by atoms with Crippen molar-refractivity contribution in [3.05, 3.63) is 29.8 Å². The Morgan fingerprint density at radius 1 is 1.65 bits per heavy atom. The van der Waals surface area contributed by atoms with Crippen molar-refractivity contribution < 1.29 is 13.9 Å². The molecule has 4 nitrogen and oxygen atoms in total. The van der Waals surface area contributed by atoms with E-state index in [0.717, 1.165) is 18.9 Å². The monoisotopic (exact) mass is 238 g/mol. The lowest BCUT2D eigenvalue weighted by Crippen LogP contribution is -2.47. The Morgan fingerprint density at radius 3 is 3.06 bits per heavy atom. The van der Waals surface area contributed by atoms with Crippen molar-refractivity contribution >= 4 is 5.91 Å². The van der Waals surface area contributed by atoms with Crippen LogP contribution < -0.4 is 5.32 Å². The third kappa shape index (κ3) is 3.00. The summed E-state index contributed by atoms with van der Waals surface area (Å²) in [5, 5.41) is 2.83. The molecule has 1 aromatic heterocycles. The average Bonchev–Trinajstić information content (AvgIpc) is 2.26. The smallest absolute Gasteiger partial charge is 0.251 e. The van der Waals surface area contributed by atoms with Gasteiger partial charge in [0.25, 0.3) is 5.91 Å². The molecule has 1 aromatic rings. The molecule has 0 aromatic carbocycles. The Labute approximate surface area is 99.2 Å². The third-order valence-corrected chi connectivity index (χ3v) is 2.82. The number of nitrogens with one attached hydrogen (secondary N) is 1. The molecule has 1 amide bonds. The largest absolute Gasteiger partial charge is 0.378 e.